The number of nitrogens with two attached hydrogens (primary N) is 1. The minimum Gasteiger partial charge on any atom is -0.392 e. The zero-order valence-corrected chi connectivity index (χ0v) is 12.8. The van der Waals surface area contributed by atoms with Gasteiger partial charge in [-0.05, 0) is 6.42 Å². The summed E-state index contributed by atoms with van der Waals surface area (Å²) in [5.74, 6) is -0.213. The molecule has 124 valence electrons. The van der Waals surface area contributed by atoms with Crippen molar-refractivity contribution in [3.63, 3.8) is 0 Å². The fraction of sp³-hybridized carbons (Fsp3) is 0.417. The van der Waals surface area contributed by atoms with Crippen LogP contribution in [0.25, 0.3) is 11.2 Å². The normalized spacial score (nSPS) is 25.1. The van der Waals surface area contributed by atoms with E-state index in [0.717, 1.165) is 0 Å². The molecule has 0 saturated heterocycles. The van der Waals surface area contributed by atoms with Gasteiger partial charge in [0.25, 0.3) is 0 Å². The van der Waals surface area contributed by atoms with Crippen LogP contribution in [0.2, 0.25) is 0 Å². The van der Waals surface area contributed by atoms with E-state index in [-0.39, 0.29) is 18.5 Å². The first-order chi connectivity index (χ1) is 10.8. The van der Waals surface area contributed by atoms with Gasteiger partial charge in [-0.1, -0.05) is 12.2 Å². The molecule has 0 aliphatic heterocycles. The zero-order chi connectivity index (χ0) is 16.6. The number of hydrogen-bond donors (Lipinski definition) is 4. The Hall–Kier alpha value is -1.84. The van der Waals surface area contributed by atoms with E-state index in [1.165, 1.54) is 6.33 Å². The van der Waals surface area contributed by atoms with E-state index in [0.29, 0.717) is 17.6 Å². The average molecular weight is 341 g/mol. The molecule has 1 aliphatic carbocycles. The zero-order valence-electron chi connectivity index (χ0n) is 11.9. The topological polar surface area (TPSA) is 157 Å². The van der Waals surface area contributed by atoms with Crippen molar-refractivity contribution in [2.45, 2.75) is 18.6 Å². The van der Waals surface area contributed by atoms with E-state index in [1.807, 2.05) is 6.08 Å². The van der Waals surface area contributed by atoms with E-state index in [9.17, 15) is 9.67 Å². The predicted octanol–water partition coefficient (Wildman–Crippen LogP) is -0.00410. The lowest BCUT2D eigenvalue weighted by Crippen LogP contribution is -2.29. The Kier molecular flexibility index (Phi) is 4.17. The quantitative estimate of drug-likeness (QED) is 0.443. The first kappa shape index (κ1) is 16.0. The third-order valence-electron chi connectivity index (χ3n) is 3.74. The van der Waals surface area contributed by atoms with Crippen molar-refractivity contribution < 1.29 is 24.0 Å². The second-order valence-electron chi connectivity index (χ2n) is 5.29. The number of phosphoric ester groups is 1. The molecule has 10 nitrogen and oxygen atoms in total. The summed E-state index contributed by atoms with van der Waals surface area (Å²) in [6, 6.07) is -0.199. The third kappa shape index (κ3) is 3.41. The Morgan fingerprint density at radius 2 is 2.13 bits per heavy atom. The summed E-state index contributed by atoms with van der Waals surface area (Å²) in [6.45, 7) is -0.255. The van der Waals surface area contributed by atoms with E-state index >= 15 is 0 Å². The molecular weight excluding hydrogens is 325 g/mol. The highest BCUT2D eigenvalue weighted by molar-refractivity contribution is 7.46. The third-order valence-corrected chi connectivity index (χ3v) is 4.22. The highest BCUT2D eigenvalue weighted by Gasteiger charge is 2.29. The van der Waals surface area contributed by atoms with Gasteiger partial charge in [0.1, 0.15) is 11.8 Å². The number of phosphoric acid groups is 1. The van der Waals surface area contributed by atoms with Crippen molar-refractivity contribution in [3.05, 3.63) is 24.8 Å². The van der Waals surface area contributed by atoms with Gasteiger partial charge in [-0.25, -0.2) is 19.5 Å². The van der Waals surface area contributed by atoms with Crippen LogP contribution < -0.4 is 5.73 Å². The van der Waals surface area contributed by atoms with Crippen molar-refractivity contribution in [2.24, 2.45) is 5.92 Å². The van der Waals surface area contributed by atoms with E-state index in [1.54, 1.807) is 17.0 Å². The van der Waals surface area contributed by atoms with Crippen LogP contribution in [0.15, 0.2) is 24.8 Å². The van der Waals surface area contributed by atoms with Gasteiger partial charge < -0.3 is 25.2 Å². The number of hydrogen-bond acceptors (Lipinski definition) is 7. The summed E-state index contributed by atoms with van der Waals surface area (Å²) in [6.07, 6.45) is 5.93. The fourth-order valence-corrected chi connectivity index (χ4v) is 2.94. The Morgan fingerprint density at radius 3 is 2.83 bits per heavy atom. The van der Waals surface area contributed by atoms with E-state index in [4.69, 9.17) is 15.5 Å². The molecule has 2 heterocycles. The number of aliphatic hydroxyl groups is 1. The smallest absolute Gasteiger partial charge is 0.392 e. The Labute approximate surface area is 130 Å². The molecule has 11 heteroatoms. The molecule has 0 bridgehead atoms. The van der Waals surface area contributed by atoms with Gasteiger partial charge in [-0.15, -0.1) is 0 Å². The molecule has 3 rings (SSSR count). The lowest BCUT2D eigenvalue weighted by Gasteiger charge is -2.28. The summed E-state index contributed by atoms with van der Waals surface area (Å²) in [5, 5.41) is 10.2. The number of nitrogen functional groups attached to an aromatic ring is 1. The first-order valence-corrected chi connectivity index (χ1v) is 8.37. The van der Waals surface area contributed by atoms with Crippen LogP contribution in [-0.4, -0.2) is 47.1 Å². The van der Waals surface area contributed by atoms with Crippen LogP contribution in [0.4, 0.5) is 5.82 Å². The van der Waals surface area contributed by atoms with Crippen molar-refractivity contribution in [2.75, 3.05) is 12.3 Å². The maximum atomic E-state index is 10.7. The lowest BCUT2D eigenvalue weighted by atomic mass is 9.90. The van der Waals surface area contributed by atoms with E-state index < -0.39 is 19.8 Å². The Bertz CT molecular complexity index is 787. The average Bonchev–Trinajstić information content (AvgIpc) is 2.90. The second kappa shape index (κ2) is 5.99. The van der Waals surface area contributed by atoms with Crippen molar-refractivity contribution in [1.82, 2.24) is 19.5 Å². The molecule has 0 aromatic carbocycles. The number of nitrogens with zero attached hydrogens (tertiary/aromatic N) is 4. The maximum absolute atomic E-state index is 10.7. The van der Waals surface area contributed by atoms with Crippen LogP contribution in [0.5, 0.6) is 0 Å². The predicted molar refractivity (Wildman–Crippen MR) is 80.0 cm³/mol. The van der Waals surface area contributed by atoms with Gasteiger partial charge >= 0.3 is 7.82 Å². The molecule has 0 saturated carbocycles. The fourth-order valence-electron chi connectivity index (χ4n) is 2.57. The molecule has 3 atom stereocenters. The number of fused-ring (bicyclic) bond motifs is 1. The van der Waals surface area contributed by atoms with E-state index in [2.05, 4.69) is 19.5 Å². The van der Waals surface area contributed by atoms with Crippen molar-refractivity contribution in [1.29, 1.82) is 0 Å². The molecule has 23 heavy (non-hydrogen) atoms. The summed E-state index contributed by atoms with van der Waals surface area (Å²) in [7, 11) is -4.55. The van der Waals surface area contributed by atoms with Crippen LogP contribution in [-0.2, 0) is 9.09 Å². The SMILES string of the molecule is Nc1ncnc2c1ncn2[C@@H]1C=C[C@H](COP(=O)(O)O)[C@@H](O)C1. The molecule has 0 radical (unpaired) electrons. The van der Waals surface area contributed by atoms with Crippen LogP contribution in [0.3, 0.4) is 0 Å². The number of allylic oxidation sites excluding steroid dienone is 1. The Balaban J connectivity index is 1.80. The van der Waals surface area contributed by atoms with Gasteiger partial charge in [0.2, 0.25) is 0 Å². The highest BCUT2D eigenvalue weighted by Crippen LogP contribution is 2.38. The highest BCUT2D eigenvalue weighted by atomic mass is 31.2. The van der Waals surface area contributed by atoms with Crippen molar-refractivity contribution in [3.8, 4) is 0 Å². The molecule has 0 amide bonds. The summed E-state index contributed by atoms with van der Waals surface area (Å²) >= 11 is 0. The summed E-state index contributed by atoms with van der Waals surface area (Å²) in [5.41, 5.74) is 6.79. The van der Waals surface area contributed by atoms with Gasteiger partial charge in [0.05, 0.1) is 25.1 Å². The van der Waals surface area contributed by atoms with Gasteiger partial charge in [0.15, 0.2) is 11.5 Å². The maximum Gasteiger partial charge on any atom is 0.469 e. The monoisotopic (exact) mass is 341 g/mol. The molecule has 1 aliphatic rings. The molecule has 0 unspecified atom stereocenters. The van der Waals surface area contributed by atoms with Gasteiger partial charge in [0, 0.05) is 5.92 Å². The lowest BCUT2D eigenvalue weighted by molar-refractivity contribution is 0.0667. The second-order valence-corrected chi connectivity index (χ2v) is 6.53. The number of rotatable bonds is 4. The van der Waals surface area contributed by atoms with Crippen LogP contribution in [0, 0.1) is 5.92 Å². The summed E-state index contributed by atoms with van der Waals surface area (Å²) < 4.78 is 17.0. The summed E-state index contributed by atoms with van der Waals surface area (Å²) in [4.78, 5) is 29.7. The molecular formula is C12H16N5O5P. The standard InChI is InChI=1S/C12H16N5O5P/c13-11-10-12(15-5-14-11)17(6-16-10)8-2-1-7(9(18)3-8)4-22-23(19,20)21/h1-2,5-9,18H,3-4H2,(H2,13,14,15)(H2,19,20,21)/t7-,8-,9+/m1/s1. The molecule has 2 aromatic heterocycles. The number of aliphatic hydroxyl groups excluding tert-OH is 1. The molecule has 5 N–H and O–H groups in total. The van der Waals surface area contributed by atoms with Gasteiger partial charge in [-0.3, -0.25) is 4.52 Å². The van der Waals surface area contributed by atoms with Gasteiger partial charge in [-0.2, -0.15) is 0 Å². The molecule has 2 aromatic rings. The minimum absolute atomic E-state index is 0.199. The van der Waals surface area contributed by atoms with Crippen LogP contribution in [0.1, 0.15) is 12.5 Å². The minimum atomic E-state index is -4.55. The number of imidazole rings is 1. The number of anilines is 1. The van der Waals surface area contributed by atoms with Crippen LogP contribution >= 0.6 is 7.82 Å². The molecule has 0 spiro atoms. The Morgan fingerprint density at radius 1 is 1.35 bits per heavy atom. The molecule has 0 fully saturated rings. The largest absolute Gasteiger partial charge is 0.469 e. The van der Waals surface area contributed by atoms with Crippen molar-refractivity contribution >= 4 is 24.8 Å². The first-order valence-electron chi connectivity index (χ1n) is 6.84. The number of aromatic nitrogens is 4.